The Kier molecular flexibility index (Phi) is 8.94. The molecule has 1 aliphatic heterocycles. The summed E-state index contributed by atoms with van der Waals surface area (Å²) in [7, 11) is 0. The molecule has 7 heteroatoms. The second kappa shape index (κ2) is 10.2. The molecule has 3 atom stereocenters. The minimum absolute atomic E-state index is 0. The van der Waals surface area contributed by atoms with Gasteiger partial charge < -0.3 is 24.7 Å². The van der Waals surface area contributed by atoms with Crippen LogP contribution < -0.4 is 40.0 Å². The monoisotopic (exact) mass is 343 g/mol. The van der Waals surface area contributed by atoms with Crippen LogP contribution in [-0.2, 0) is 25.7 Å². The number of aliphatic carboxylic acids is 1. The molecule has 1 aliphatic rings. The van der Waals surface area contributed by atoms with E-state index in [1.54, 1.807) is 0 Å². The number of epoxide rings is 1. The maximum atomic E-state index is 12.0. The van der Waals surface area contributed by atoms with Crippen molar-refractivity contribution in [3.05, 3.63) is 35.9 Å². The number of hydrogen-bond acceptors (Lipinski definition) is 5. The van der Waals surface area contributed by atoms with Gasteiger partial charge in [-0.25, -0.2) is 0 Å². The van der Waals surface area contributed by atoms with Crippen molar-refractivity contribution < 1.29 is 53.7 Å². The quantitative estimate of drug-likeness (QED) is 0.388. The molecule has 6 nitrogen and oxygen atoms in total. The summed E-state index contributed by atoms with van der Waals surface area (Å²) in [6.45, 7) is 4.93. The number of benzene rings is 1. The van der Waals surface area contributed by atoms with Gasteiger partial charge in [-0.3, -0.25) is 4.79 Å². The molecule has 126 valence electrons. The first-order chi connectivity index (χ1) is 11.0. The molecular formula is C17H22NNaO5. The molecule has 2 rings (SSSR count). The SMILES string of the molecule is CC(C)C[C@@H](COCc1ccccc1)NC(=O)[C@H]1O[C@@H]1C(=O)[O-].[Na+]. The van der Waals surface area contributed by atoms with Crippen LogP contribution in [0.3, 0.4) is 0 Å². The van der Waals surface area contributed by atoms with Crippen molar-refractivity contribution in [1.29, 1.82) is 0 Å². The van der Waals surface area contributed by atoms with Gasteiger partial charge in [-0.1, -0.05) is 44.2 Å². The van der Waals surface area contributed by atoms with E-state index in [-0.39, 0.29) is 35.6 Å². The van der Waals surface area contributed by atoms with Gasteiger partial charge in [-0.2, -0.15) is 0 Å². The molecule has 1 aromatic rings. The molecule has 0 saturated carbocycles. The van der Waals surface area contributed by atoms with E-state index in [1.807, 2.05) is 44.2 Å². The average molecular weight is 343 g/mol. The third-order valence-corrected chi connectivity index (χ3v) is 3.52. The van der Waals surface area contributed by atoms with E-state index in [4.69, 9.17) is 9.47 Å². The summed E-state index contributed by atoms with van der Waals surface area (Å²) in [5, 5.41) is 13.4. The van der Waals surface area contributed by atoms with Crippen LogP contribution in [0.2, 0.25) is 0 Å². The van der Waals surface area contributed by atoms with Crippen LogP contribution in [0.15, 0.2) is 30.3 Å². The number of carboxylic acids is 1. The third-order valence-electron chi connectivity index (χ3n) is 3.52. The van der Waals surface area contributed by atoms with Gasteiger partial charge >= 0.3 is 29.6 Å². The van der Waals surface area contributed by atoms with Crippen molar-refractivity contribution in [3.8, 4) is 0 Å². The minimum Gasteiger partial charge on any atom is -0.547 e. The van der Waals surface area contributed by atoms with Crippen LogP contribution in [0.4, 0.5) is 0 Å². The Labute approximate surface area is 164 Å². The maximum Gasteiger partial charge on any atom is 1.00 e. The molecule has 0 unspecified atom stereocenters. The molecule has 1 saturated heterocycles. The molecule has 0 spiro atoms. The molecule has 0 radical (unpaired) electrons. The smallest absolute Gasteiger partial charge is 0.547 e. The fraction of sp³-hybridized carbons (Fsp3) is 0.529. The molecule has 24 heavy (non-hydrogen) atoms. The van der Waals surface area contributed by atoms with Gasteiger partial charge in [0.1, 0.15) is 6.10 Å². The number of ether oxygens (including phenoxy) is 2. The number of amides is 1. The van der Waals surface area contributed by atoms with Crippen molar-refractivity contribution in [3.63, 3.8) is 0 Å². The molecule has 0 bridgehead atoms. The van der Waals surface area contributed by atoms with E-state index >= 15 is 0 Å². The molecule has 1 amide bonds. The second-order valence-corrected chi connectivity index (χ2v) is 6.13. The molecule has 1 fully saturated rings. The van der Waals surface area contributed by atoms with Crippen LogP contribution >= 0.6 is 0 Å². The number of rotatable bonds is 9. The topological polar surface area (TPSA) is 91.0 Å². The summed E-state index contributed by atoms with van der Waals surface area (Å²) < 4.78 is 10.5. The first kappa shape index (κ1) is 21.1. The van der Waals surface area contributed by atoms with Gasteiger partial charge in [-0.05, 0) is 17.9 Å². The zero-order chi connectivity index (χ0) is 16.8. The Morgan fingerprint density at radius 3 is 2.46 bits per heavy atom. The van der Waals surface area contributed by atoms with Gasteiger partial charge in [-0.15, -0.1) is 0 Å². The zero-order valence-electron chi connectivity index (χ0n) is 14.4. The molecule has 1 N–H and O–H groups in total. The van der Waals surface area contributed by atoms with E-state index in [0.29, 0.717) is 19.1 Å². The van der Waals surface area contributed by atoms with Crippen LogP contribution in [0.5, 0.6) is 0 Å². The summed E-state index contributed by atoms with van der Waals surface area (Å²) in [5.74, 6) is -1.41. The second-order valence-electron chi connectivity index (χ2n) is 6.13. The van der Waals surface area contributed by atoms with Crippen LogP contribution in [0.1, 0.15) is 25.8 Å². The first-order valence-electron chi connectivity index (χ1n) is 7.75. The Morgan fingerprint density at radius 2 is 1.92 bits per heavy atom. The normalized spacial score (nSPS) is 20.1. The Bertz CT molecular complexity index is 537. The summed E-state index contributed by atoms with van der Waals surface area (Å²) >= 11 is 0. The summed E-state index contributed by atoms with van der Waals surface area (Å²) in [6.07, 6.45) is -1.33. The van der Waals surface area contributed by atoms with E-state index in [9.17, 15) is 14.7 Å². The van der Waals surface area contributed by atoms with Gasteiger partial charge in [0.05, 0.1) is 25.2 Å². The van der Waals surface area contributed by atoms with Gasteiger partial charge in [0.15, 0.2) is 6.10 Å². The maximum absolute atomic E-state index is 12.0. The predicted octanol–water partition coefficient (Wildman–Crippen LogP) is -2.74. The number of carboxylic acid groups (broad SMARTS) is 1. The number of carbonyl (C=O) groups excluding carboxylic acids is 2. The number of carbonyl (C=O) groups is 2. The minimum atomic E-state index is -1.36. The Hall–Kier alpha value is -0.920. The molecule has 0 aliphatic carbocycles. The molecule has 1 heterocycles. The fourth-order valence-electron chi connectivity index (χ4n) is 2.41. The standard InChI is InChI=1S/C17H23NO5.Na/c1-11(2)8-13(10-22-9-12-6-4-3-5-7-12)18-16(19)14-15(23-14)17(20)21;/h3-7,11,13-15H,8-10H2,1-2H3,(H,18,19)(H,20,21);/q;+1/p-1/t13-,14-,15-;/m0./s1. The third kappa shape index (κ3) is 6.91. The Balaban J connectivity index is 0.00000288. The van der Waals surface area contributed by atoms with E-state index in [2.05, 4.69) is 5.32 Å². The first-order valence-corrected chi connectivity index (χ1v) is 7.75. The summed E-state index contributed by atoms with van der Waals surface area (Å²) in [5.41, 5.74) is 1.06. The molecule has 1 aromatic carbocycles. The van der Waals surface area contributed by atoms with Crippen molar-refractivity contribution in [2.24, 2.45) is 5.92 Å². The summed E-state index contributed by atoms with van der Waals surface area (Å²) in [4.78, 5) is 22.6. The number of nitrogens with one attached hydrogen (secondary N) is 1. The number of hydrogen-bond donors (Lipinski definition) is 1. The van der Waals surface area contributed by atoms with E-state index in [0.717, 1.165) is 12.0 Å². The molecule has 0 aromatic heterocycles. The predicted molar refractivity (Wildman–Crippen MR) is 81.2 cm³/mol. The fourth-order valence-corrected chi connectivity index (χ4v) is 2.41. The van der Waals surface area contributed by atoms with Crippen molar-refractivity contribution in [1.82, 2.24) is 5.32 Å². The average Bonchev–Trinajstić information content (AvgIpc) is 3.28. The van der Waals surface area contributed by atoms with Crippen LogP contribution in [0, 0.1) is 5.92 Å². The van der Waals surface area contributed by atoms with E-state index in [1.165, 1.54) is 0 Å². The van der Waals surface area contributed by atoms with Gasteiger partial charge in [0.2, 0.25) is 0 Å². The van der Waals surface area contributed by atoms with Crippen LogP contribution in [-0.4, -0.2) is 36.7 Å². The van der Waals surface area contributed by atoms with Crippen molar-refractivity contribution in [2.45, 2.75) is 45.1 Å². The van der Waals surface area contributed by atoms with Crippen LogP contribution in [0.25, 0.3) is 0 Å². The largest absolute Gasteiger partial charge is 1.00 e. The van der Waals surface area contributed by atoms with Crippen molar-refractivity contribution in [2.75, 3.05) is 6.61 Å². The molecular weight excluding hydrogens is 321 g/mol. The summed E-state index contributed by atoms with van der Waals surface area (Å²) in [6, 6.07) is 9.58. The van der Waals surface area contributed by atoms with Gasteiger partial charge in [0, 0.05) is 0 Å². The van der Waals surface area contributed by atoms with E-state index < -0.39 is 24.1 Å². The van der Waals surface area contributed by atoms with Crippen molar-refractivity contribution >= 4 is 11.9 Å². The zero-order valence-corrected chi connectivity index (χ0v) is 16.4. The Morgan fingerprint density at radius 1 is 1.25 bits per heavy atom. The van der Waals surface area contributed by atoms with Gasteiger partial charge in [0.25, 0.3) is 5.91 Å².